The molecule has 0 aliphatic heterocycles. The van der Waals surface area contributed by atoms with E-state index in [4.69, 9.17) is 18.9 Å². The minimum absolute atomic E-state index is 0.0259. The first-order chi connectivity index (χ1) is 12.7. The fraction of sp³-hybridized carbons (Fsp3) is 0.611. The molecule has 1 N–H and O–H groups in total. The molecular formula is C18H27I2NO5. The van der Waals surface area contributed by atoms with Crippen molar-refractivity contribution in [3.63, 3.8) is 0 Å². The Morgan fingerprint density at radius 1 is 0.808 bits per heavy atom. The summed E-state index contributed by atoms with van der Waals surface area (Å²) in [6, 6.07) is 7.88. The minimum atomic E-state index is 0.0259. The molecule has 148 valence electrons. The highest BCUT2D eigenvalue weighted by molar-refractivity contribution is 14.1. The predicted octanol–water partition coefficient (Wildman–Crippen LogP) is 4.40. The van der Waals surface area contributed by atoms with Crippen LogP contribution in [-0.2, 0) is 19.0 Å². The van der Waals surface area contributed by atoms with Crippen LogP contribution in [0.5, 0.6) is 5.75 Å². The van der Waals surface area contributed by atoms with E-state index < -0.39 is 0 Å². The number of carbonyl (C=O) groups is 1. The monoisotopic (exact) mass is 591 g/mol. The molecule has 0 unspecified atom stereocenters. The van der Waals surface area contributed by atoms with Crippen LogP contribution >= 0.6 is 45.5 Å². The largest absolute Gasteiger partial charge is 0.494 e. The van der Waals surface area contributed by atoms with Crippen molar-refractivity contribution in [2.75, 3.05) is 49.8 Å². The van der Waals surface area contributed by atoms with Gasteiger partial charge in [-0.15, -0.1) is 0 Å². The van der Waals surface area contributed by atoms with Gasteiger partial charge in [0.25, 0.3) is 0 Å². The lowest BCUT2D eigenvalue weighted by Crippen LogP contribution is -2.07. The van der Waals surface area contributed by atoms with E-state index in [9.17, 15) is 4.79 Å². The average molecular weight is 591 g/mol. The maximum absolute atomic E-state index is 10.7. The van der Waals surface area contributed by atoms with Crippen LogP contribution in [0.3, 0.4) is 0 Å². The van der Waals surface area contributed by atoms with Crippen molar-refractivity contribution in [3.05, 3.63) is 24.3 Å². The summed E-state index contributed by atoms with van der Waals surface area (Å²) in [6.45, 7) is 4.28. The second-order valence-corrected chi connectivity index (χ2v) is 7.26. The van der Waals surface area contributed by atoms with E-state index in [1.54, 1.807) is 22.6 Å². The molecule has 0 aliphatic carbocycles. The van der Waals surface area contributed by atoms with Crippen molar-refractivity contribution < 1.29 is 23.7 Å². The summed E-state index contributed by atoms with van der Waals surface area (Å²) in [5, 5.41) is 0. The van der Waals surface area contributed by atoms with Gasteiger partial charge in [-0.2, -0.15) is 0 Å². The van der Waals surface area contributed by atoms with Gasteiger partial charge in [-0.05, 0) is 43.5 Å². The summed E-state index contributed by atoms with van der Waals surface area (Å²) in [5.41, 5.74) is 1.06. The Hall–Kier alpha value is -0.170. The summed E-state index contributed by atoms with van der Waals surface area (Å²) in [6.07, 6.45) is 3.67. The molecule has 0 spiro atoms. The summed E-state index contributed by atoms with van der Waals surface area (Å²) >= 11 is 3.83. The van der Waals surface area contributed by atoms with Crippen molar-refractivity contribution in [1.82, 2.24) is 0 Å². The third-order valence-electron chi connectivity index (χ3n) is 3.29. The lowest BCUT2D eigenvalue weighted by Gasteiger charge is -2.08. The van der Waals surface area contributed by atoms with Gasteiger partial charge in [-0.25, -0.2) is 0 Å². The smallest absolute Gasteiger partial charge is 0.217 e. The third-order valence-corrected chi connectivity index (χ3v) is 4.22. The minimum Gasteiger partial charge on any atom is -0.494 e. The molecule has 0 atom stereocenters. The second-order valence-electron chi connectivity index (χ2n) is 5.51. The first kappa shape index (κ1) is 23.9. The molecule has 1 rings (SSSR count). The molecule has 0 fully saturated rings. The molecule has 0 saturated carbocycles. The first-order valence-electron chi connectivity index (χ1n) is 8.73. The van der Waals surface area contributed by atoms with E-state index in [1.165, 1.54) is 0 Å². The first-order valence-corrected chi connectivity index (χ1v) is 10.9. The fourth-order valence-electron chi connectivity index (χ4n) is 1.99. The summed E-state index contributed by atoms with van der Waals surface area (Å²) in [4.78, 5) is 10.7. The zero-order valence-electron chi connectivity index (χ0n) is 14.9. The van der Waals surface area contributed by atoms with Gasteiger partial charge in [0.2, 0.25) is 3.79 Å². The zero-order chi connectivity index (χ0) is 18.9. The van der Waals surface area contributed by atoms with Crippen molar-refractivity contribution in [3.8, 4) is 5.75 Å². The Morgan fingerprint density at radius 2 is 1.35 bits per heavy atom. The highest BCUT2D eigenvalue weighted by atomic mass is 127. The van der Waals surface area contributed by atoms with Gasteiger partial charge in [-0.1, -0.05) is 0 Å². The number of carbonyl (C=O) groups excluding carboxylic acids is 1. The zero-order valence-corrected chi connectivity index (χ0v) is 19.2. The normalized spacial score (nSPS) is 10.7. The maximum Gasteiger partial charge on any atom is 0.217 e. The lowest BCUT2D eigenvalue weighted by molar-refractivity contribution is -0.113. The Balaban J connectivity index is 1.78. The number of unbranched alkanes of at least 4 members (excludes halogenated alkanes) is 1. The van der Waals surface area contributed by atoms with E-state index in [2.05, 4.69) is 26.4 Å². The van der Waals surface area contributed by atoms with Gasteiger partial charge in [0.1, 0.15) is 12.4 Å². The second kappa shape index (κ2) is 17.0. The Kier molecular flexibility index (Phi) is 15.6. The van der Waals surface area contributed by atoms with Crippen LogP contribution in [0.4, 0.5) is 5.69 Å². The molecule has 6 nitrogen and oxygen atoms in total. The van der Waals surface area contributed by atoms with E-state index >= 15 is 0 Å². The summed E-state index contributed by atoms with van der Waals surface area (Å²) in [7, 11) is 0. The maximum atomic E-state index is 10.7. The molecule has 0 bridgehead atoms. The molecule has 8 heteroatoms. The molecule has 0 radical (unpaired) electrons. The molecule has 26 heavy (non-hydrogen) atoms. The van der Waals surface area contributed by atoms with Crippen LogP contribution in [0.2, 0.25) is 0 Å². The van der Waals surface area contributed by atoms with Gasteiger partial charge in [-0.3, -0.25) is 4.79 Å². The number of hydrogen-bond donors (Lipinski definition) is 1. The number of nitrogens with one attached hydrogen (secondary N) is 1. The van der Waals surface area contributed by atoms with E-state index in [0.29, 0.717) is 26.4 Å². The molecule has 0 aromatic heterocycles. The van der Waals surface area contributed by atoms with Gasteiger partial charge in [0.15, 0.2) is 0 Å². The van der Waals surface area contributed by atoms with Gasteiger partial charge >= 0.3 is 0 Å². The molecule has 0 aliphatic rings. The quantitative estimate of drug-likeness (QED) is 0.126. The summed E-state index contributed by atoms with van der Waals surface area (Å²) in [5.74, 6) is 0.879. The molecule has 0 saturated heterocycles. The highest BCUT2D eigenvalue weighted by Gasteiger charge is 1.97. The number of anilines is 1. The molecule has 0 amide bonds. The predicted molar refractivity (Wildman–Crippen MR) is 120 cm³/mol. The number of rotatable bonds is 17. The van der Waals surface area contributed by atoms with Crippen molar-refractivity contribution in [2.45, 2.75) is 25.7 Å². The number of benzene rings is 1. The Morgan fingerprint density at radius 3 is 1.92 bits per heavy atom. The van der Waals surface area contributed by atoms with Crippen LogP contribution in [0, 0.1) is 0 Å². The van der Waals surface area contributed by atoms with E-state index in [-0.39, 0.29) is 10.4 Å². The van der Waals surface area contributed by atoms with Gasteiger partial charge in [0.05, 0.1) is 29.5 Å². The topological polar surface area (TPSA) is 66.0 Å². The fourth-order valence-corrected chi connectivity index (χ4v) is 2.57. The standard InChI is InChI=1S/C18H27I2NO5/c19-18(22)15-25-13-3-11-23-9-1-2-10-24-12-4-14-26-17-7-5-16(21-20)6-8-17/h5-8,21H,1-4,9-15H2. The third kappa shape index (κ3) is 14.0. The number of halogens is 2. The average Bonchev–Trinajstić information content (AvgIpc) is 2.65. The van der Waals surface area contributed by atoms with Crippen LogP contribution in [0.15, 0.2) is 24.3 Å². The van der Waals surface area contributed by atoms with Gasteiger partial charge < -0.3 is 22.5 Å². The SMILES string of the molecule is O=C(I)COCCCOCCCCOCCCOc1ccc(NI)cc1. The Labute approximate surface area is 183 Å². The van der Waals surface area contributed by atoms with Crippen LogP contribution in [-0.4, -0.2) is 50.0 Å². The molecular weight excluding hydrogens is 564 g/mol. The van der Waals surface area contributed by atoms with E-state index in [0.717, 1.165) is 50.3 Å². The van der Waals surface area contributed by atoms with Crippen molar-refractivity contribution >= 4 is 54.9 Å². The van der Waals surface area contributed by atoms with Crippen LogP contribution in [0.1, 0.15) is 25.7 Å². The van der Waals surface area contributed by atoms with Gasteiger partial charge in [0, 0.05) is 67.7 Å². The highest BCUT2D eigenvalue weighted by Crippen LogP contribution is 2.16. The summed E-state index contributed by atoms with van der Waals surface area (Å²) < 4.78 is 25.0. The lowest BCUT2D eigenvalue weighted by atomic mass is 10.3. The van der Waals surface area contributed by atoms with Crippen LogP contribution in [0.25, 0.3) is 0 Å². The van der Waals surface area contributed by atoms with Crippen molar-refractivity contribution in [1.29, 1.82) is 0 Å². The number of ether oxygens (including phenoxy) is 4. The van der Waals surface area contributed by atoms with E-state index in [1.807, 2.05) is 24.3 Å². The molecule has 0 heterocycles. The van der Waals surface area contributed by atoms with Crippen LogP contribution < -0.4 is 8.27 Å². The molecule has 1 aromatic rings. The number of hydrogen-bond acceptors (Lipinski definition) is 6. The van der Waals surface area contributed by atoms with Crippen molar-refractivity contribution in [2.24, 2.45) is 0 Å². The Bertz CT molecular complexity index is 473. The molecule has 1 aromatic carbocycles.